The number of hydrogen-bond donors (Lipinski definition) is 2. The molecule has 0 radical (unpaired) electrons. The molecule has 0 bridgehead atoms. The van der Waals surface area contributed by atoms with E-state index in [0.717, 1.165) is 17.8 Å². The van der Waals surface area contributed by atoms with Crippen molar-refractivity contribution in [3.63, 3.8) is 0 Å². The minimum atomic E-state index is -3.61. The summed E-state index contributed by atoms with van der Waals surface area (Å²) < 4.78 is 31.2. The second kappa shape index (κ2) is 10.4. The van der Waals surface area contributed by atoms with E-state index >= 15 is 0 Å². The molecule has 0 aliphatic heterocycles. The van der Waals surface area contributed by atoms with E-state index in [1.807, 2.05) is 12.1 Å². The molecule has 7 nitrogen and oxygen atoms in total. The number of hydrogen-bond acceptors (Lipinski definition) is 6. The highest BCUT2D eigenvalue weighted by Crippen LogP contribution is 2.20. The number of rotatable bonds is 10. The van der Waals surface area contributed by atoms with Crippen LogP contribution in [0.3, 0.4) is 0 Å². The summed E-state index contributed by atoms with van der Waals surface area (Å²) in [5.41, 5.74) is 1.81. The number of esters is 1. The van der Waals surface area contributed by atoms with Crippen LogP contribution < -0.4 is 10.0 Å². The van der Waals surface area contributed by atoms with Gasteiger partial charge in [-0.05, 0) is 41.5 Å². The lowest BCUT2D eigenvalue weighted by Crippen LogP contribution is -2.27. The molecule has 0 fully saturated rings. The highest BCUT2D eigenvalue weighted by atomic mass is 32.2. The predicted octanol–water partition coefficient (Wildman–Crippen LogP) is 3.11. The van der Waals surface area contributed by atoms with Crippen molar-refractivity contribution in [2.75, 3.05) is 18.5 Å². The van der Waals surface area contributed by atoms with Crippen molar-refractivity contribution in [3.05, 3.63) is 47.3 Å². The lowest BCUT2D eigenvalue weighted by molar-refractivity contribution is -0.147. The van der Waals surface area contributed by atoms with E-state index in [-0.39, 0.29) is 17.2 Å². The third-order valence-electron chi connectivity index (χ3n) is 4.12. The average Bonchev–Trinajstić information content (AvgIpc) is 3.22. The maximum atomic E-state index is 11.9. The topological polar surface area (TPSA) is 102 Å². The molecule has 1 atom stereocenters. The zero-order chi connectivity index (χ0) is 20.6. The molecule has 1 amide bonds. The number of sulfonamides is 1. The van der Waals surface area contributed by atoms with E-state index in [0.29, 0.717) is 11.6 Å². The molecule has 1 aromatic carbocycles. The van der Waals surface area contributed by atoms with Crippen LogP contribution in [0, 0.1) is 0 Å². The van der Waals surface area contributed by atoms with Crippen molar-refractivity contribution in [1.29, 1.82) is 0 Å². The number of anilines is 1. The fourth-order valence-electron chi connectivity index (χ4n) is 2.32. The van der Waals surface area contributed by atoms with Gasteiger partial charge in [-0.2, -0.15) is 0 Å². The van der Waals surface area contributed by atoms with Crippen LogP contribution in [0.2, 0.25) is 0 Å². The molecule has 0 saturated carbocycles. The molecule has 0 aliphatic rings. The van der Waals surface area contributed by atoms with Gasteiger partial charge < -0.3 is 10.1 Å². The van der Waals surface area contributed by atoms with E-state index in [1.165, 1.54) is 11.6 Å². The second-order valence-electron chi connectivity index (χ2n) is 6.22. The Morgan fingerprint density at radius 1 is 1.18 bits per heavy atom. The highest BCUT2D eigenvalue weighted by molar-refractivity contribution is 7.91. The van der Waals surface area contributed by atoms with Crippen LogP contribution in [0.4, 0.5) is 5.69 Å². The second-order valence-corrected chi connectivity index (χ2v) is 9.16. The SMILES string of the molecule is CC[C@H](C)c1ccc(NC(=O)COC(=O)CCNS(=O)(=O)c2cccs2)cc1. The first-order chi connectivity index (χ1) is 13.3. The zero-order valence-electron chi connectivity index (χ0n) is 15.8. The number of amides is 1. The monoisotopic (exact) mass is 424 g/mol. The number of thiophene rings is 1. The Kier molecular flexibility index (Phi) is 8.16. The molecule has 0 spiro atoms. The van der Waals surface area contributed by atoms with Crippen molar-refractivity contribution in [3.8, 4) is 0 Å². The van der Waals surface area contributed by atoms with E-state index in [1.54, 1.807) is 23.6 Å². The average molecular weight is 425 g/mol. The van der Waals surface area contributed by atoms with Crippen molar-refractivity contribution in [2.24, 2.45) is 0 Å². The molecular formula is C19H24N2O5S2. The summed E-state index contributed by atoms with van der Waals surface area (Å²) >= 11 is 1.09. The Morgan fingerprint density at radius 2 is 1.89 bits per heavy atom. The molecule has 0 saturated heterocycles. The largest absolute Gasteiger partial charge is 0.456 e. The van der Waals surface area contributed by atoms with Crippen molar-refractivity contribution < 1.29 is 22.7 Å². The molecule has 28 heavy (non-hydrogen) atoms. The van der Waals surface area contributed by atoms with Gasteiger partial charge in [0.1, 0.15) is 4.21 Å². The van der Waals surface area contributed by atoms with E-state index in [9.17, 15) is 18.0 Å². The van der Waals surface area contributed by atoms with Crippen molar-refractivity contribution >= 4 is 38.9 Å². The van der Waals surface area contributed by atoms with Crippen LogP contribution in [0.1, 0.15) is 38.2 Å². The maximum absolute atomic E-state index is 11.9. The van der Waals surface area contributed by atoms with Crippen LogP contribution in [0.15, 0.2) is 46.0 Å². The van der Waals surface area contributed by atoms with Crippen LogP contribution in [-0.2, 0) is 24.3 Å². The molecule has 2 N–H and O–H groups in total. The first-order valence-electron chi connectivity index (χ1n) is 8.90. The standard InChI is InChI=1S/C19H24N2O5S2/c1-3-14(2)15-6-8-16(9-7-15)21-17(22)13-26-18(23)10-11-20-28(24,25)19-5-4-12-27-19/h4-9,12,14,20H,3,10-11,13H2,1-2H3,(H,21,22)/t14-/m0/s1. The molecule has 1 aromatic heterocycles. The summed E-state index contributed by atoms with van der Waals surface area (Å²) in [6.45, 7) is 3.72. The quantitative estimate of drug-likeness (QED) is 0.571. The van der Waals surface area contributed by atoms with E-state index < -0.39 is 28.5 Å². The van der Waals surface area contributed by atoms with Crippen molar-refractivity contribution in [2.45, 2.75) is 36.8 Å². The maximum Gasteiger partial charge on any atom is 0.307 e. The number of benzene rings is 1. The molecule has 1 heterocycles. The van der Waals surface area contributed by atoms with Crippen LogP contribution >= 0.6 is 11.3 Å². The highest BCUT2D eigenvalue weighted by Gasteiger charge is 2.15. The fourth-order valence-corrected chi connectivity index (χ4v) is 4.39. The molecule has 2 aromatic rings. The number of carbonyl (C=O) groups is 2. The fraction of sp³-hybridized carbons (Fsp3) is 0.368. The van der Waals surface area contributed by atoms with Crippen LogP contribution in [0.5, 0.6) is 0 Å². The Labute approximate surface area is 169 Å². The Balaban J connectivity index is 1.70. The molecule has 2 rings (SSSR count). The van der Waals surface area contributed by atoms with Gasteiger partial charge in [0, 0.05) is 12.2 Å². The third-order valence-corrected chi connectivity index (χ3v) is 6.98. The lowest BCUT2D eigenvalue weighted by atomic mass is 9.99. The summed E-state index contributed by atoms with van der Waals surface area (Å²) in [6, 6.07) is 10.6. The molecule has 9 heteroatoms. The molecule has 0 unspecified atom stereocenters. The molecular weight excluding hydrogens is 400 g/mol. The van der Waals surface area contributed by atoms with Gasteiger partial charge >= 0.3 is 5.97 Å². The Morgan fingerprint density at radius 3 is 2.50 bits per heavy atom. The Bertz CT molecular complexity index is 878. The number of nitrogens with one attached hydrogen (secondary N) is 2. The lowest BCUT2D eigenvalue weighted by Gasteiger charge is -2.11. The zero-order valence-corrected chi connectivity index (χ0v) is 17.4. The molecule has 0 aliphatic carbocycles. The van der Waals surface area contributed by atoms with Gasteiger partial charge in [0.25, 0.3) is 5.91 Å². The summed E-state index contributed by atoms with van der Waals surface area (Å²) in [6.07, 6.45) is 0.868. The smallest absolute Gasteiger partial charge is 0.307 e. The summed E-state index contributed by atoms with van der Waals surface area (Å²) in [5, 5.41) is 4.31. The van der Waals surface area contributed by atoms with Gasteiger partial charge in [-0.1, -0.05) is 32.0 Å². The number of ether oxygens (including phenoxy) is 1. The normalized spacial score (nSPS) is 12.4. The minimum absolute atomic E-state index is 0.0994. The van der Waals surface area contributed by atoms with E-state index in [2.05, 4.69) is 23.9 Å². The van der Waals surface area contributed by atoms with E-state index in [4.69, 9.17) is 4.74 Å². The van der Waals surface area contributed by atoms with Crippen LogP contribution in [-0.4, -0.2) is 33.4 Å². The minimum Gasteiger partial charge on any atom is -0.456 e. The van der Waals surface area contributed by atoms with Gasteiger partial charge in [0.05, 0.1) is 6.42 Å². The first-order valence-corrected chi connectivity index (χ1v) is 11.3. The summed E-state index contributed by atoms with van der Waals surface area (Å²) in [4.78, 5) is 23.6. The van der Waals surface area contributed by atoms with Gasteiger partial charge in [-0.25, -0.2) is 13.1 Å². The first kappa shape index (κ1) is 22.1. The van der Waals surface area contributed by atoms with Crippen LogP contribution in [0.25, 0.3) is 0 Å². The van der Waals surface area contributed by atoms with Gasteiger partial charge in [0.2, 0.25) is 10.0 Å². The van der Waals surface area contributed by atoms with Gasteiger partial charge in [0.15, 0.2) is 6.61 Å². The molecule has 152 valence electrons. The van der Waals surface area contributed by atoms with Gasteiger partial charge in [-0.15, -0.1) is 11.3 Å². The summed E-state index contributed by atoms with van der Waals surface area (Å²) in [7, 11) is -3.61. The Hall–Kier alpha value is -2.23. The summed E-state index contributed by atoms with van der Waals surface area (Å²) in [5.74, 6) is -0.664. The van der Waals surface area contributed by atoms with Crippen molar-refractivity contribution in [1.82, 2.24) is 4.72 Å². The third kappa shape index (κ3) is 6.74. The number of carbonyl (C=O) groups excluding carboxylic acids is 2. The predicted molar refractivity (Wildman–Crippen MR) is 109 cm³/mol. The van der Waals surface area contributed by atoms with Gasteiger partial charge in [-0.3, -0.25) is 9.59 Å².